The van der Waals surface area contributed by atoms with E-state index in [1.807, 2.05) is 12.3 Å². The van der Waals surface area contributed by atoms with Crippen LogP contribution in [-0.2, 0) is 19.9 Å². The summed E-state index contributed by atoms with van der Waals surface area (Å²) in [7, 11) is -6.51. The molecule has 0 unspecified atom stereocenters. The van der Waals surface area contributed by atoms with Gasteiger partial charge in [-0.3, -0.25) is 0 Å². The fraction of sp³-hybridized carbons (Fsp3) is 0.429. The zero-order chi connectivity index (χ0) is 28.9. The summed E-state index contributed by atoms with van der Waals surface area (Å²) >= 11 is 0. The van der Waals surface area contributed by atoms with Gasteiger partial charge in [0.1, 0.15) is 21.5 Å². The highest BCUT2D eigenvalue weighted by atomic mass is 32.2. The molecule has 0 atom stereocenters. The Morgan fingerprint density at radius 3 is 2.34 bits per heavy atom. The normalized spacial score (nSPS) is 16.9. The van der Waals surface area contributed by atoms with E-state index in [0.29, 0.717) is 61.8 Å². The van der Waals surface area contributed by atoms with Crippen molar-refractivity contribution in [2.24, 2.45) is 0 Å². The molecule has 4 heterocycles. The van der Waals surface area contributed by atoms with Crippen molar-refractivity contribution in [2.45, 2.75) is 55.9 Å². The van der Waals surface area contributed by atoms with Crippen LogP contribution in [0.4, 0.5) is 17.3 Å². The summed E-state index contributed by atoms with van der Waals surface area (Å²) < 4.78 is 50.1. The predicted molar refractivity (Wildman–Crippen MR) is 160 cm³/mol. The second-order valence-electron chi connectivity index (χ2n) is 11.2. The van der Waals surface area contributed by atoms with Crippen LogP contribution in [0.3, 0.4) is 0 Å². The molecule has 0 spiro atoms. The van der Waals surface area contributed by atoms with Gasteiger partial charge in [0.15, 0.2) is 5.82 Å². The van der Waals surface area contributed by atoms with Crippen molar-refractivity contribution in [3.8, 4) is 11.4 Å². The Balaban J connectivity index is 1.27. The Bertz CT molecular complexity index is 1830. The number of piperidine rings is 1. The molecule has 6 rings (SSSR count). The Labute approximate surface area is 240 Å². The fourth-order valence-corrected chi connectivity index (χ4v) is 7.94. The highest BCUT2D eigenvalue weighted by molar-refractivity contribution is 7.91. The van der Waals surface area contributed by atoms with Crippen molar-refractivity contribution in [1.82, 2.24) is 24.1 Å². The van der Waals surface area contributed by atoms with Gasteiger partial charge in [-0.1, -0.05) is 19.9 Å². The smallest absolute Gasteiger partial charge is 0.256 e. The second kappa shape index (κ2) is 10.4. The van der Waals surface area contributed by atoms with E-state index in [9.17, 15) is 16.8 Å². The van der Waals surface area contributed by atoms with Crippen LogP contribution < -0.4 is 10.2 Å². The number of anilines is 3. The summed E-state index contributed by atoms with van der Waals surface area (Å²) in [5.74, 6) is 1.77. The summed E-state index contributed by atoms with van der Waals surface area (Å²) in [6.07, 6.45) is 10.3. The van der Waals surface area contributed by atoms with E-state index in [4.69, 9.17) is 0 Å². The zero-order valence-electron chi connectivity index (χ0n) is 23.2. The molecule has 11 nitrogen and oxygen atoms in total. The van der Waals surface area contributed by atoms with Crippen LogP contribution >= 0.6 is 0 Å². The Hall–Kier alpha value is -3.58. The Morgan fingerprint density at radius 1 is 0.902 bits per heavy atom. The largest absolute Gasteiger partial charge is 0.371 e. The van der Waals surface area contributed by atoms with Gasteiger partial charge in [-0.15, -0.1) is 0 Å². The Kier molecular flexibility index (Phi) is 6.97. The number of hydrogen-bond acceptors (Lipinski definition) is 10. The molecule has 1 aliphatic carbocycles. The minimum Gasteiger partial charge on any atom is -0.371 e. The first-order chi connectivity index (χ1) is 19.5. The van der Waals surface area contributed by atoms with E-state index in [1.165, 1.54) is 24.2 Å². The molecule has 1 saturated carbocycles. The maximum absolute atomic E-state index is 12.5. The van der Waals surface area contributed by atoms with Crippen LogP contribution in [0, 0.1) is 0 Å². The van der Waals surface area contributed by atoms with Gasteiger partial charge >= 0.3 is 0 Å². The average Bonchev–Trinajstić information content (AvgIpc) is 3.69. The average molecular weight is 596 g/mol. The molecule has 0 bridgehead atoms. The lowest BCUT2D eigenvalue weighted by Crippen LogP contribution is -2.39. The molecule has 0 radical (unpaired) electrons. The third-order valence-electron chi connectivity index (χ3n) is 7.86. The molecule has 13 heteroatoms. The number of hydrogen-bond donors (Lipinski definition) is 1. The van der Waals surface area contributed by atoms with Crippen molar-refractivity contribution in [1.29, 1.82) is 0 Å². The van der Waals surface area contributed by atoms with Gasteiger partial charge in [0, 0.05) is 42.8 Å². The highest BCUT2D eigenvalue weighted by Crippen LogP contribution is 2.36. The zero-order valence-corrected chi connectivity index (χ0v) is 24.9. The Morgan fingerprint density at radius 2 is 1.66 bits per heavy atom. The lowest BCUT2D eigenvalue weighted by Gasteiger charge is -2.34. The third-order valence-corrected chi connectivity index (χ3v) is 11.6. The van der Waals surface area contributed by atoms with Gasteiger partial charge in [0.05, 0.1) is 28.5 Å². The highest BCUT2D eigenvalue weighted by Gasteiger charge is 2.37. The molecule has 1 aromatic carbocycles. The topological polar surface area (TPSA) is 140 Å². The predicted octanol–water partition coefficient (Wildman–Crippen LogP) is 4.11. The number of rotatable bonds is 8. The maximum Gasteiger partial charge on any atom is 0.256 e. The first kappa shape index (κ1) is 27.6. The standard InChI is InChI=1S/C28H33N7O4S2/c1-18(2)22-6-7-25(34-12-9-20(10-13-34)40(3,36)37)24-16-30-27(14-23(22)24)32-26-8-11-29-28(33-26)19-15-31-35(17-19)41(38,39)21-4-5-21/h6-8,11,14-18,20-21H,4-5,9-10,12-13H2,1-3H3,(H,29,30,32,33). The molecular weight excluding hydrogens is 562 g/mol. The fourth-order valence-electron chi connectivity index (χ4n) is 5.40. The van der Waals surface area contributed by atoms with Gasteiger partial charge in [-0.25, -0.2) is 31.8 Å². The summed E-state index contributed by atoms with van der Waals surface area (Å²) in [5, 5.41) is 8.76. The molecular formula is C28H33N7O4S2. The van der Waals surface area contributed by atoms with Gasteiger partial charge in [0.2, 0.25) is 0 Å². The number of fused-ring (bicyclic) bond motifs is 1. The van der Waals surface area contributed by atoms with Crippen LogP contribution in [-0.4, -0.2) is 70.8 Å². The molecule has 1 aliphatic heterocycles. The van der Waals surface area contributed by atoms with Gasteiger partial charge < -0.3 is 10.2 Å². The molecule has 3 aromatic heterocycles. The summed E-state index contributed by atoms with van der Waals surface area (Å²) in [6.45, 7) is 5.66. The quantitative estimate of drug-likeness (QED) is 0.316. The number of nitrogens with zero attached hydrogens (tertiary/aromatic N) is 6. The maximum atomic E-state index is 12.5. The van der Waals surface area contributed by atoms with Crippen molar-refractivity contribution in [3.05, 3.63) is 54.6 Å². The van der Waals surface area contributed by atoms with Crippen LogP contribution in [0.1, 0.15) is 51.0 Å². The van der Waals surface area contributed by atoms with E-state index >= 15 is 0 Å². The SMILES string of the molecule is CC(C)c1ccc(N2CCC(S(C)(=O)=O)CC2)c2cnc(Nc3ccnc(-c4cnn(S(=O)(=O)C5CC5)c4)n3)cc12. The first-order valence-electron chi connectivity index (χ1n) is 13.8. The minimum atomic E-state index is -3.47. The third kappa shape index (κ3) is 5.52. The van der Waals surface area contributed by atoms with E-state index in [0.717, 1.165) is 20.5 Å². The van der Waals surface area contributed by atoms with Crippen molar-refractivity contribution in [2.75, 3.05) is 29.6 Å². The van der Waals surface area contributed by atoms with Crippen molar-refractivity contribution < 1.29 is 16.8 Å². The van der Waals surface area contributed by atoms with Crippen molar-refractivity contribution >= 4 is 48.0 Å². The number of nitrogens with one attached hydrogen (secondary N) is 1. The summed E-state index contributed by atoms with van der Waals surface area (Å²) in [5.41, 5.74) is 2.75. The van der Waals surface area contributed by atoms with Crippen LogP contribution in [0.5, 0.6) is 0 Å². The number of aromatic nitrogens is 5. The summed E-state index contributed by atoms with van der Waals surface area (Å²) in [6, 6.07) is 8.00. The molecule has 2 fully saturated rings. The molecule has 216 valence electrons. The van der Waals surface area contributed by atoms with Crippen LogP contribution in [0.2, 0.25) is 0 Å². The number of sulfone groups is 1. The molecule has 0 amide bonds. The molecule has 1 saturated heterocycles. The molecule has 41 heavy (non-hydrogen) atoms. The van der Waals surface area contributed by atoms with Crippen molar-refractivity contribution in [3.63, 3.8) is 0 Å². The minimum absolute atomic E-state index is 0.284. The van der Waals surface area contributed by atoms with Gasteiger partial charge in [0.25, 0.3) is 10.0 Å². The number of benzene rings is 1. The van der Waals surface area contributed by atoms with E-state index < -0.39 is 19.9 Å². The monoisotopic (exact) mass is 595 g/mol. The van der Waals surface area contributed by atoms with E-state index in [-0.39, 0.29) is 16.4 Å². The lowest BCUT2D eigenvalue weighted by molar-refractivity contribution is 0.534. The first-order valence-corrected chi connectivity index (χ1v) is 17.2. The van der Waals surface area contributed by atoms with Gasteiger partial charge in [-0.2, -0.15) is 9.19 Å². The summed E-state index contributed by atoms with van der Waals surface area (Å²) in [4.78, 5) is 15.8. The molecule has 4 aromatic rings. The second-order valence-corrected chi connectivity index (χ2v) is 15.6. The lowest BCUT2D eigenvalue weighted by atomic mass is 9.95. The van der Waals surface area contributed by atoms with Crippen LogP contribution in [0.15, 0.2) is 49.1 Å². The molecule has 1 N–H and O–H groups in total. The van der Waals surface area contributed by atoms with Crippen LogP contribution in [0.25, 0.3) is 22.2 Å². The van der Waals surface area contributed by atoms with E-state index in [1.54, 1.807) is 12.3 Å². The number of pyridine rings is 1. The van der Waals surface area contributed by atoms with E-state index in [2.05, 4.69) is 56.2 Å². The molecule has 2 aliphatic rings. The van der Waals surface area contributed by atoms with Gasteiger partial charge in [-0.05, 0) is 60.7 Å².